The monoisotopic (exact) mass is 888 g/mol. The molecule has 0 fully saturated rings. The van der Waals surface area contributed by atoms with Crippen molar-refractivity contribution in [3.8, 4) is 0 Å². The molecule has 372 valence electrons. The number of amides is 1. The number of unbranched alkanes of at least 4 members (excludes halogenated alkanes) is 39. The molecule has 0 saturated heterocycles. The van der Waals surface area contributed by atoms with E-state index in [1.807, 2.05) is 6.08 Å². The highest BCUT2D eigenvalue weighted by Gasteiger charge is 2.18. The van der Waals surface area contributed by atoms with Gasteiger partial charge in [0.05, 0.1) is 25.4 Å². The Morgan fingerprint density at radius 2 is 0.746 bits per heavy atom. The fourth-order valence-electron chi connectivity index (χ4n) is 8.63. The summed E-state index contributed by atoms with van der Waals surface area (Å²) in [6, 6.07) is -0.626. The smallest absolute Gasteiger partial charge is 0.305 e. The predicted octanol–water partition coefficient (Wildman–Crippen LogP) is 17.1. The van der Waals surface area contributed by atoms with Crippen molar-refractivity contribution in [3.63, 3.8) is 0 Å². The highest BCUT2D eigenvalue weighted by atomic mass is 16.5. The third-order valence-electron chi connectivity index (χ3n) is 13.0. The van der Waals surface area contributed by atoms with E-state index in [-0.39, 0.29) is 18.5 Å². The maximum absolute atomic E-state index is 12.4. The number of aliphatic hydroxyl groups is 2. The van der Waals surface area contributed by atoms with E-state index in [9.17, 15) is 19.8 Å². The molecule has 63 heavy (non-hydrogen) atoms. The van der Waals surface area contributed by atoms with Crippen LogP contribution in [0.1, 0.15) is 303 Å². The van der Waals surface area contributed by atoms with Crippen LogP contribution in [-0.2, 0) is 14.3 Å². The number of carbonyl (C=O) groups is 2. The van der Waals surface area contributed by atoms with Crippen LogP contribution in [0.4, 0.5) is 0 Å². The van der Waals surface area contributed by atoms with E-state index in [2.05, 4.69) is 31.3 Å². The second-order valence-electron chi connectivity index (χ2n) is 19.3. The molecule has 3 N–H and O–H groups in total. The second kappa shape index (κ2) is 53.0. The number of rotatable bonds is 52. The molecule has 6 nitrogen and oxygen atoms in total. The van der Waals surface area contributed by atoms with Gasteiger partial charge in [-0.15, -0.1) is 0 Å². The lowest BCUT2D eigenvalue weighted by Crippen LogP contribution is -2.45. The van der Waals surface area contributed by atoms with Crippen molar-refractivity contribution in [2.24, 2.45) is 0 Å². The van der Waals surface area contributed by atoms with Gasteiger partial charge in [0.25, 0.3) is 0 Å². The Balaban J connectivity index is 3.37. The molecule has 2 unspecified atom stereocenters. The summed E-state index contributed by atoms with van der Waals surface area (Å²) in [6.45, 7) is 4.88. The van der Waals surface area contributed by atoms with Gasteiger partial charge in [0.15, 0.2) is 0 Å². The van der Waals surface area contributed by atoms with Crippen molar-refractivity contribution < 1.29 is 24.5 Å². The first-order valence-corrected chi connectivity index (χ1v) is 28.1. The van der Waals surface area contributed by atoms with Gasteiger partial charge in [-0.3, -0.25) is 9.59 Å². The second-order valence-corrected chi connectivity index (χ2v) is 19.3. The zero-order chi connectivity index (χ0) is 45.8. The number of hydrogen-bond acceptors (Lipinski definition) is 5. The van der Waals surface area contributed by atoms with Crippen molar-refractivity contribution in [2.75, 3.05) is 13.2 Å². The highest BCUT2D eigenvalue weighted by molar-refractivity contribution is 5.76. The van der Waals surface area contributed by atoms with Crippen molar-refractivity contribution in [3.05, 3.63) is 24.3 Å². The molecular formula is C57H109NO5. The summed E-state index contributed by atoms with van der Waals surface area (Å²) in [5, 5.41) is 23.0. The maximum Gasteiger partial charge on any atom is 0.305 e. The molecule has 6 heteroatoms. The molecular weight excluding hydrogens is 779 g/mol. The molecule has 0 radical (unpaired) electrons. The van der Waals surface area contributed by atoms with Gasteiger partial charge in [-0.1, -0.05) is 256 Å². The average Bonchev–Trinajstić information content (AvgIpc) is 3.28. The molecule has 0 aromatic rings. The van der Waals surface area contributed by atoms with Crippen LogP contribution in [0, 0.1) is 0 Å². The number of allylic oxidation sites excluding steroid dienone is 3. The number of carbonyl (C=O) groups excluding carboxylic acids is 2. The van der Waals surface area contributed by atoms with Gasteiger partial charge in [-0.2, -0.15) is 0 Å². The summed E-state index contributed by atoms with van der Waals surface area (Å²) in [5.74, 6) is -0.0659. The fourth-order valence-corrected chi connectivity index (χ4v) is 8.63. The summed E-state index contributed by atoms with van der Waals surface area (Å²) in [6.07, 6.45) is 63.5. The molecule has 0 bridgehead atoms. The summed E-state index contributed by atoms with van der Waals surface area (Å²) in [5.41, 5.74) is 0. The lowest BCUT2D eigenvalue weighted by molar-refractivity contribution is -0.143. The molecule has 0 aromatic heterocycles. The Kier molecular flexibility index (Phi) is 51.6. The highest BCUT2D eigenvalue weighted by Crippen LogP contribution is 2.17. The first-order chi connectivity index (χ1) is 31.0. The predicted molar refractivity (Wildman–Crippen MR) is 273 cm³/mol. The summed E-state index contributed by atoms with van der Waals surface area (Å²) in [4.78, 5) is 24.4. The van der Waals surface area contributed by atoms with Gasteiger partial charge in [0, 0.05) is 12.8 Å². The van der Waals surface area contributed by atoms with Gasteiger partial charge in [0.2, 0.25) is 5.91 Å². The number of hydrogen-bond donors (Lipinski definition) is 3. The topological polar surface area (TPSA) is 95.9 Å². The van der Waals surface area contributed by atoms with Gasteiger partial charge in [-0.05, 0) is 57.8 Å². The van der Waals surface area contributed by atoms with Crippen molar-refractivity contribution in [1.29, 1.82) is 0 Å². The van der Waals surface area contributed by atoms with Crippen LogP contribution in [0.5, 0.6) is 0 Å². The van der Waals surface area contributed by atoms with Gasteiger partial charge >= 0.3 is 5.97 Å². The zero-order valence-electron chi connectivity index (χ0n) is 42.3. The van der Waals surface area contributed by atoms with Gasteiger partial charge in [-0.25, -0.2) is 0 Å². The normalized spacial score (nSPS) is 12.8. The Bertz CT molecular complexity index is 982. The van der Waals surface area contributed by atoms with Gasteiger partial charge in [0.1, 0.15) is 0 Å². The van der Waals surface area contributed by atoms with Crippen LogP contribution in [0.25, 0.3) is 0 Å². The lowest BCUT2D eigenvalue weighted by atomic mass is 10.0. The Morgan fingerprint density at radius 3 is 1.13 bits per heavy atom. The third kappa shape index (κ3) is 49.6. The van der Waals surface area contributed by atoms with Crippen molar-refractivity contribution in [1.82, 2.24) is 5.32 Å². The molecule has 0 aliphatic rings. The first-order valence-electron chi connectivity index (χ1n) is 28.1. The van der Waals surface area contributed by atoms with Crippen LogP contribution < -0.4 is 5.32 Å². The minimum atomic E-state index is -0.842. The standard InChI is InChI=1S/C57H109NO5/c1-3-5-7-9-11-13-15-16-28-31-35-39-43-47-51-57(62)63-52-48-44-40-36-32-29-26-24-22-20-18-17-19-21-23-25-27-30-34-38-42-46-50-56(61)58-54(53-59)55(60)49-45-41-37-33-14-12-10-8-6-4-2/h15-16,45,49,54-55,59-60H,3-14,17-44,46-48,50-53H2,1-2H3,(H,58,61)/b16-15-,49-45+. The number of esters is 1. The molecule has 0 saturated carbocycles. The van der Waals surface area contributed by atoms with E-state index in [0.29, 0.717) is 19.4 Å². The van der Waals surface area contributed by atoms with E-state index in [1.165, 1.54) is 231 Å². The molecule has 0 aromatic carbocycles. The molecule has 2 atom stereocenters. The van der Waals surface area contributed by atoms with Crippen LogP contribution in [0.2, 0.25) is 0 Å². The third-order valence-corrected chi connectivity index (χ3v) is 13.0. The van der Waals surface area contributed by atoms with Crippen LogP contribution in [0.3, 0.4) is 0 Å². The number of nitrogens with one attached hydrogen (secondary N) is 1. The summed E-state index contributed by atoms with van der Waals surface area (Å²) >= 11 is 0. The molecule has 0 spiro atoms. The van der Waals surface area contributed by atoms with Crippen molar-refractivity contribution >= 4 is 11.9 Å². The zero-order valence-corrected chi connectivity index (χ0v) is 42.3. The Morgan fingerprint density at radius 1 is 0.429 bits per heavy atom. The van der Waals surface area contributed by atoms with Crippen LogP contribution >= 0.6 is 0 Å². The molecule has 0 rings (SSSR count). The molecule has 0 aliphatic heterocycles. The van der Waals surface area contributed by atoms with E-state index < -0.39 is 12.1 Å². The molecule has 0 aliphatic carbocycles. The van der Waals surface area contributed by atoms with Crippen molar-refractivity contribution in [2.45, 2.75) is 315 Å². The Labute approximate surface area is 392 Å². The summed E-state index contributed by atoms with van der Waals surface area (Å²) < 4.78 is 5.47. The van der Waals surface area contributed by atoms with Crippen LogP contribution in [-0.4, -0.2) is 47.4 Å². The van der Waals surface area contributed by atoms with Gasteiger partial charge < -0.3 is 20.3 Å². The van der Waals surface area contributed by atoms with Crippen LogP contribution in [0.15, 0.2) is 24.3 Å². The Hall–Kier alpha value is -1.66. The minimum Gasteiger partial charge on any atom is -0.466 e. The molecule has 1 amide bonds. The largest absolute Gasteiger partial charge is 0.466 e. The minimum absolute atomic E-state index is 0.00392. The lowest BCUT2D eigenvalue weighted by Gasteiger charge is -2.20. The van der Waals surface area contributed by atoms with E-state index >= 15 is 0 Å². The fraction of sp³-hybridized carbons (Fsp3) is 0.895. The average molecular weight is 889 g/mol. The summed E-state index contributed by atoms with van der Waals surface area (Å²) in [7, 11) is 0. The quantitative estimate of drug-likeness (QED) is 0.0321. The van der Waals surface area contributed by atoms with E-state index in [0.717, 1.165) is 44.9 Å². The number of ether oxygens (including phenoxy) is 1. The SMILES string of the molecule is CCCCCCC/C=C\CCCCCCCC(=O)OCCCCCCCCCCCCCCCCCCCCCCCCC(=O)NC(CO)C(O)/C=C/CCCCCCCCCC. The van der Waals surface area contributed by atoms with E-state index in [4.69, 9.17) is 4.74 Å². The number of aliphatic hydroxyl groups excluding tert-OH is 2. The first kappa shape index (κ1) is 61.3. The molecule has 0 heterocycles. The maximum atomic E-state index is 12.4. The van der Waals surface area contributed by atoms with E-state index in [1.54, 1.807) is 6.08 Å².